The normalized spacial score (nSPS) is 10.2. The molecule has 0 heterocycles. The molecule has 0 saturated carbocycles. The molecule has 26 heavy (non-hydrogen) atoms. The molecule has 0 bridgehead atoms. The molecule has 2 aromatic carbocycles. The number of ether oxygens (including phenoxy) is 3. The Kier molecular flexibility index (Phi) is 6.46. The van der Waals surface area contributed by atoms with E-state index in [-0.39, 0.29) is 5.56 Å². The summed E-state index contributed by atoms with van der Waals surface area (Å²) in [5.41, 5.74) is 2.48. The Hall–Kier alpha value is -2.73. The highest BCUT2D eigenvalue weighted by atomic mass is 35.5. The van der Waals surface area contributed by atoms with Crippen LogP contribution in [0.4, 0.5) is 5.69 Å². The second-order valence-corrected chi connectivity index (χ2v) is 6.04. The lowest BCUT2D eigenvalue weighted by atomic mass is 10.1. The topological polar surface area (TPSA) is 73.9 Å². The smallest absolute Gasteiger partial charge is 0.342 e. The van der Waals surface area contributed by atoms with E-state index in [1.165, 1.54) is 20.3 Å². The summed E-state index contributed by atoms with van der Waals surface area (Å²) in [6.45, 7) is 3.29. The molecule has 0 aromatic heterocycles. The summed E-state index contributed by atoms with van der Waals surface area (Å²) in [5, 5.41) is 3.09. The highest BCUT2D eigenvalue weighted by Crippen LogP contribution is 2.27. The van der Waals surface area contributed by atoms with Crippen molar-refractivity contribution >= 4 is 29.2 Å². The van der Waals surface area contributed by atoms with Crippen LogP contribution in [0.3, 0.4) is 0 Å². The molecule has 0 spiro atoms. The zero-order valence-corrected chi connectivity index (χ0v) is 15.8. The van der Waals surface area contributed by atoms with Gasteiger partial charge in [-0.25, -0.2) is 4.79 Å². The first-order valence-corrected chi connectivity index (χ1v) is 8.19. The van der Waals surface area contributed by atoms with Gasteiger partial charge in [0.05, 0.1) is 24.9 Å². The van der Waals surface area contributed by atoms with E-state index in [1.54, 1.807) is 18.2 Å². The highest BCUT2D eigenvalue weighted by molar-refractivity contribution is 6.34. The second-order valence-electron chi connectivity index (χ2n) is 5.63. The number of esters is 1. The van der Waals surface area contributed by atoms with Gasteiger partial charge in [0.2, 0.25) is 0 Å². The van der Waals surface area contributed by atoms with Gasteiger partial charge in [-0.15, -0.1) is 0 Å². The Balaban J connectivity index is 2.05. The SMILES string of the molecule is COc1ccc(OC)c(C(=O)OCC(=O)Nc2c(C)cc(C)cc2Cl)c1. The molecule has 0 aliphatic rings. The number of nitrogens with one attached hydrogen (secondary N) is 1. The lowest BCUT2D eigenvalue weighted by molar-refractivity contribution is -0.119. The van der Waals surface area contributed by atoms with Gasteiger partial charge < -0.3 is 19.5 Å². The minimum atomic E-state index is -0.692. The highest BCUT2D eigenvalue weighted by Gasteiger charge is 2.17. The summed E-state index contributed by atoms with van der Waals surface area (Å²) in [6.07, 6.45) is 0. The van der Waals surface area contributed by atoms with Crippen LogP contribution in [0.1, 0.15) is 21.5 Å². The van der Waals surface area contributed by atoms with Crippen LogP contribution in [-0.2, 0) is 9.53 Å². The number of amides is 1. The van der Waals surface area contributed by atoms with E-state index < -0.39 is 18.5 Å². The van der Waals surface area contributed by atoms with E-state index in [2.05, 4.69) is 5.32 Å². The van der Waals surface area contributed by atoms with Crippen molar-refractivity contribution in [3.63, 3.8) is 0 Å². The van der Waals surface area contributed by atoms with Crippen molar-refractivity contribution in [2.45, 2.75) is 13.8 Å². The van der Waals surface area contributed by atoms with Gasteiger partial charge in [0, 0.05) is 0 Å². The van der Waals surface area contributed by atoms with Gasteiger partial charge in [-0.1, -0.05) is 17.7 Å². The fourth-order valence-corrected chi connectivity index (χ4v) is 2.80. The zero-order valence-electron chi connectivity index (χ0n) is 15.0. The first-order valence-electron chi connectivity index (χ1n) is 7.81. The van der Waals surface area contributed by atoms with Gasteiger partial charge in [-0.3, -0.25) is 4.79 Å². The maximum Gasteiger partial charge on any atom is 0.342 e. The molecular weight excluding hydrogens is 358 g/mol. The van der Waals surface area contributed by atoms with E-state index in [4.69, 9.17) is 25.8 Å². The van der Waals surface area contributed by atoms with Crippen LogP contribution >= 0.6 is 11.6 Å². The molecule has 1 amide bonds. The number of carbonyl (C=O) groups is 2. The molecule has 7 heteroatoms. The van der Waals surface area contributed by atoms with Crippen molar-refractivity contribution < 1.29 is 23.8 Å². The molecule has 0 aliphatic heterocycles. The van der Waals surface area contributed by atoms with Gasteiger partial charge in [-0.05, 0) is 49.2 Å². The summed E-state index contributed by atoms with van der Waals surface area (Å²) >= 11 is 6.16. The Bertz CT molecular complexity index is 812. The maximum atomic E-state index is 12.3. The summed E-state index contributed by atoms with van der Waals surface area (Å²) in [4.78, 5) is 24.4. The largest absolute Gasteiger partial charge is 0.497 e. The quantitative estimate of drug-likeness (QED) is 0.776. The zero-order chi connectivity index (χ0) is 19.3. The van der Waals surface area contributed by atoms with Crippen LogP contribution in [-0.4, -0.2) is 32.7 Å². The minimum absolute atomic E-state index is 0.171. The predicted octanol–water partition coefficient (Wildman–Crippen LogP) is 3.77. The number of carbonyl (C=O) groups excluding carboxylic acids is 2. The molecule has 0 saturated heterocycles. The lowest BCUT2D eigenvalue weighted by Gasteiger charge is -2.13. The van der Waals surface area contributed by atoms with Crippen LogP contribution in [0.25, 0.3) is 0 Å². The first kappa shape index (κ1) is 19.6. The molecule has 1 N–H and O–H groups in total. The van der Waals surface area contributed by atoms with Crippen LogP contribution in [0, 0.1) is 13.8 Å². The van der Waals surface area contributed by atoms with Crippen molar-refractivity contribution in [2.24, 2.45) is 0 Å². The van der Waals surface area contributed by atoms with E-state index in [0.717, 1.165) is 11.1 Å². The van der Waals surface area contributed by atoms with Gasteiger partial charge in [-0.2, -0.15) is 0 Å². The van der Waals surface area contributed by atoms with Gasteiger partial charge in [0.15, 0.2) is 6.61 Å². The number of halogens is 1. The van der Waals surface area contributed by atoms with Crippen molar-refractivity contribution in [1.29, 1.82) is 0 Å². The second kappa shape index (κ2) is 8.58. The summed E-state index contributed by atoms with van der Waals surface area (Å²) in [7, 11) is 2.92. The Morgan fingerprint density at radius 2 is 1.81 bits per heavy atom. The molecule has 0 unspecified atom stereocenters. The number of methoxy groups -OCH3 is 2. The molecule has 2 aromatic rings. The van der Waals surface area contributed by atoms with Crippen molar-refractivity contribution in [3.05, 3.63) is 52.0 Å². The van der Waals surface area contributed by atoms with E-state index in [9.17, 15) is 9.59 Å². The maximum absolute atomic E-state index is 12.3. The van der Waals surface area contributed by atoms with Crippen molar-refractivity contribution in [2.75, 3.05) is 26.1 Å². The van der Waals surface area contributed by atoms with Gasteiger partial charge in [0.1, 0.15) is 17.1 Å². The minimum Gasteiger partial charge on any atom is -0.497 e. The molecule has 0 fully saturated rings. The van der Waals surface area contributed by atoms with E-state index >= 15 is 0 Å². The number of hydrogen-bond donors (Lipinski definition) is 1. The van der Waals surface area contributed by atoms with Crippen LogP contribution < -0.4 is 14.8 Å². The summed E-state index contributed by atoms with van der Waals surface area (Å²) in [6, 6.07) is 8.38. The third-order valence-corrected chi connectivity index (χ3v) is 3.96. The standard InChI is InChI=1S/C19H20ClNO5/c1-11-7-12(2)18(15(20)8-11)21-17(22)10-26-19(23)14-9-13(24-3)5-6-16(14)25-4/h5-9H,10H2,1-4H3,(H,21,22). The number of benzene rings is 2. The number of aryl methyl sites for hydroxylation is 2. The predicted molar refractivity (Wildman–Crippen MR) is 99.4 cm³/mol. The Labute approximate surface area is 157 Å². The van der Waals surface area contributed by atoms with Crippen LogP contribution in [0.15, 0.2) is 30.3 Å². The average molecular weight is 378 g/mol. The van der Waals surface area contributed by atoms with Crippen molar-refractivity contribution in [3.8, 4) is 11.5 Å². The van der Waals surface area contributed by atoms with Crippen LogP contribution in [0.2, 0.25) is 5.02 Å². The first-order chi connectivity index (χ1) is 12.3. The Morgan fingerprint density at radius 3 is 2.42 bits per heavy atom. The average Bonchev–Trinajstić information content (AvgIpc) is 2.62. The molecule has 2 rings (SSSR count). The lowest BCUT2D eigenvalue weighted by Crippen LogP contribution is -2.21. The van der Waals surface area contributed by atoms with Crippen LogP contribution in [0.5, 0.6) is 11.5 Å². The third kappa shape index (κ3) is 4.67. The molecular formula is C19H20ClNO5. The van der Waals surface area contributed by atoms with Gasteiger partial charge in [0.25, 0.3) is 5.91 Å². The molecule has 138 valence electrons. The summed E-state index contributed by atoms with van der Waals surface area (Å²) in [5.74, 6) is -0.380. The van der Waals surface area contributed by atoms with E-state index in [0.29, 0.717) is 22.2 Å². The third-order valence-electron chi connectivity index (χ3n) is 3.66. The number of anilines is 1. The molecule has 0 radical (unpaired) electrons. The monoisotopic (exact) mass is 377 g/mol. The fraction of sp³-hybridized carbons (Fsp3) is 0.263. The number of hydrogen-bond acceptors (Lipinski definition) is 5. The van der Waals surface area contributed by atoms with Gasteiger partial charge >= 0.3 is 5.97 Å². The Morgan fingerprint density at radius 1 is 1.08 bits per heavy atom. The summed E-state index contributed by atoms with van der Waals surface area (Å²) < 4.78 is 15.3. The van der Waals surface area contributed by atoms with E-state index in [1.807, 2.05) is 19.9 Å². The molecule has 0 atom stereocenters. The van der Waals surface area contributed by atoms with Crippen molar-refractivity contribution in [1.82, 2.24) is 0 Å². The fourth-order valence-electron chi connectivity index (χ4n) is 2.43. The molecule has 6 nitrogen and oxygen atoms in total. The molecule has 0 aliphatic carbocycles. The number of rotatable bonds is 6.